The van der Waals surface area contributed by atoms with Crippen molar-refractivity contribution in [3.63, 3.8) is 0 Å². The molecule has 0 amide bonds. The Morgan fingerprint density at radius 3 is 2.72 bits per heavy atom. The number of rotatable bonds is 5. The second kappa shape index (κ2) is 6.90. The van der Waals surface area contributed by atoms with Crippen LogP contribution >= 0.6 is 11.8 Å². The average molecular weight is 269 g/mol. The number of nitrogens with two attached hydrogens (primary N) is 1. The highest BCUT2D eigenvalue weighted by Crippen LogP contribution is 2.25. The van der Waals surface area contributed by atoms with Crippen molar-refractivity contribution in [3.8, 4) is 0 Å². The molecule has 18 heavy (non-hydrogen) atoms. The quantitative estimate of drug-likeness (QED) is 0.498. The summed E-state index contributed by atoms with van der Waals surface area (Å²) in [6.45, 7) is 2.01. The molecule has 0 bridgehead atoms. The van der Waals surface area contributed by atoms with Crippen LogP contribution in [0.3, 0.4) is 0 Å². The van der Waals surface area contributed by atoms with Crippen LogP contribution in [0.15, 0.2) is 23.1 Å². The molecular formula is C12H15NO4S. The Kier molecular flexibility index (Phi) is 5.51. The topological polar surface area (TPSA) is 78.6 Å². The predicted molar refractivity (Wildman–Crippen MR) is 69.6 cm³/mol. The zero-order valence-corrected chi connectivity index (χ0v) is 11.1. The molecule has 0 saturated carbocycles. The van der Waals surface area contributed by atoms with Gasteiger partial charge in [0.1, 0.15) is 0 Å². The van der Waals surface area contributed by atoms with Crippen LogP contribution in [0, 0.1) is 0 Å². The number of thioether (sulfide) groups is 1. The lowest BCUT2D eigenvalue weighted by Gasteiger charge is -2.08. The summed E-state index contributed by atoms with van der Waals surface area (Å²) in [6.07, 6.45) is 0. The van der Waals surface area contributed by atoms with Gasteiger partial charge >= 0.3 is 11.9 Å². The first kappa shape index (κ1) is 14.4. The molecule has 0 atom stereocenters. The van der Waals surface area contributed by atoms with E-state index >= 15 is 0 Å². The molecule has 0 spiro atoms. The normalized spacial score (nSPS) is 9.89. The highest BCUT2D eigenvalue weighted by atomic mass is 32.2. The van der Waals surface area contributed by atoms with Crippen molar-refractivity contribution in [1.82, 2.24) is 0 Å². The summed E-state index contributed by atoms with van der Waals surface area (Å²) in [6, 6.07) is 4.90. The second-order valence-corrected chi connectivity index (χ2v) is 4.36. The van der Waals surface area contributed by atoms with Gasteiger partial charge in [0.15, 0.2) is 0 Å². The standard InChI is InChI=1S/C12H15NO4S/c1-3-17-12(15)9-6-8(13)4-5-10(9)18-7-11(14)16-2/h4-6H,3,7,13H2,1-2H3. The van der Waals surface area contributed by atoms with E-state index in [0.29, 0.717) is 16.1 Å². The smallest absolute Gasteiger partial charge is 0.339 e. The third-order valence-corrected chi connectivity index (χ3v) is 3.12. The van der Waals surface area contributed by atoms with Crippen molar-refractivity contribution in [2.75, 3.05) is 25.2 Å². The summed E-state index contributed by atoms with van der Waals surface area (Å²) in [5.74, 6) is -0.670. The van der Waals surface area contributed by atoms with Crippen LogP contribution in [0.2, 0.25) is 0 Å². The second-order valence-electron chi connectivity index (χ2n) is 3.34. The third-order valence-electron chi connectivity index (χ3n) is 2.07. The van der Waals surface area contributed by atoms with Gasteiger partial charge in [-0.15, -0.1) is 11.8 Å². The van der Waals surface area contributed by atoms with Crippen molar-refractivity contribution in [3.05, 3.63) is 23.8 Å². The van der Waals surface area contributed by atoms with Crippen molar-refractivity contribution in [1.29, 1.82) is 0 Å². The Morgan fingerprint density at radius 1 is 1.39 bits per heavy atom. The predicted octanol–water partition coefficient (Wildman–Crippen LogP) is 1.71. The van der Waals surface area contributed by atoms with Gasteiger partial charge in [-0.3, -0.25) is 4.79 Å². The van der Waals surface area contributed by atoms with Crippen LogP contribution in [0.4, 0.5) is 5.69 Å². The molecule has 0 aliphatic carbocycles. The van der Waals surface area contributed by atoms with E-state index in [1.54, 1.807) is 19.1 Å². The highest BCUT2D eigenvalue weighted by Gasteiger charge is 2.14. The summed E-state index contributed by atoms with van der Waals surface area (Å²) in [7, 11) is 1.32. The maximum Gasteiger partial charge on any atom is 0.339 e. The molecule has 0 aromatic heterocycles. The Bertz CT molecular complexity index is 448. The molecule has 1 rings (SSSR count). The van der Waals surface area contributed by atoms with E-state index in [-0.39, 0.29) is 18.3 Å². The lowest BCUT2D eigenvalue weighted by Crippen LogP contribution is -2.08. The fourth-order valence-corrected chi connectivity index (χ4v) is 2.09. The van der Waals surface area contributed by atoms with E-state index in [1.807, 2.05) is 0 Å². The lowest BCUT2D eigenvalue weighted by molar-refractivity contribution is -0.137. The summed E-state index contributed by atoms with van der Waals surface area (Å²) >= 11 is 1.21. The van der Waals surface area contributed by atoms with Gasteiger partial charge < -0.3 is 15.2 Å². The van der Waals surface area contributed by atoms with Gasteiger partial charge in [0.2, 0.25) is 0 Å². The molecule has 0 unspecified atom stereocenters. The Hall–Kier alpha value is -1.69. The van der Waals surface area contributed by atoms with Gasteiger partial charge in [-0.2, -0.15) is 0 Å². The lowest BCUT2D eigenvalue weighted by atomic mass is 10.2. The summed E-state index contributed by atoms with van der Waals surface area (Å²) < 4.78 is 9.48. The number of methoxy groups -OCH3 is 1. The molecular weight excluding hydrogens is 254 g/mol. The summed E-state index contributed by atoms with van der Waals surface area (Å²) in [5.41, 5.74) is 6.47. The molecule has 5 nitrogen and oxygen atoms in total. The van der Waals surface area contributed by atoms with E-state index in [2.05, 4.69) is 4.74 Å². The molecule has 0 radical (unpaired) electrons. The summed E-state index contributed by atoms with van der Waals surface area (Å²) in [4.78, 5) is 23.4. The number of nitrogen functional groups attached to an aromatic ring is 1. The number of carbonyl (C=O) groups is 2. The number of esters is 2. The molecule has 2 N–H and O–H groups in total. The number of anilines is 1. The molecule has 1 aromatic rings. The van der Waals surface area contributed by atoms with Crippen molar-refractivity contribution in [2.24, 2.45) is 0 Å². The monoisotopic (exact) mass is 269 g/mol. The third kappa shape index (κ3) is 3.96. The average Bonchev–Trinajstić information content (AvgIpc) is 2.37. The Balaban J connectivity index is 2.89. The van der Waals surface area contributed by atoms with Crippen LogP contribution in [-0.4, -0.2) is 31.4 Å². The maximum absolute atomic E-state index is 11.7. The number of hydrogen-bond donors (Lipinski definition) is 1. The highest BCUT2D eigenvalue weighted by molar-refractivity contribution is 8.00. The molecule has 98 valence electrons. The van der Waals surface area contributed by atoms with Gasteiger partial charge in [-0.1, -0.05) is 0 Å². The Labute approximate surface area is 110 Å². The number of ether oxygens (including phenoxy) is 2. The number of carbonyl (C=O) groups excluding carboxylic acids is 2. The zero-order chi connectivity index (χ0) is 13.5. The van der Waals surface area contributed by atoms with E-state index in [4.69, 9.17) is 10.5 Å². The fourth-order valence-electron chi connectivity index (χ4n) is 1.24. The van der Waals surface area contributed by atoms with Crippen LogP contribution in [0.1, 0.15) is 17.3 Å². The zero-order valence-electron chi connectivity index (χ0n) is 10.3. The maximum atomic E-state index is 11.7. The van der Waals surface area contributed by atoms with E-state index in [1.165, 1.54) is 24.9 Å². The first-order valence-corrected chi connectivity index (χ1v) is 6.33. The molecule has 1 aromatic carbocycles. The number of hydrogen-bond acceptors (Lipinski definition) is 6. The fraction of sp³-hybridized carbons (Fsp3) is 0.333. The summed E-state index contributed by atoms with van der Waals surface area (Å²) in [5, 5.41) is 0. The minimum atomic E-state index is -0.447. The molecule has 0 heterocycles. The number of benzene rings is 1. The van der Waals surface area contributed by atoms with E-state index in [0.717, 1.165) is 0 Å². The molecule has 0 aliphatic heterocycles. The van der Waals surface area contributed by atoms with E-state index < -0.39 is 5.97 Å². The largest absolute Gasteiger partial charge is 0.468 e. The Morgan fingerprint density at radius 2 is 2.11 bits per heavy atom. The molecule has 0 aliphatic rings. The van der Waals surface area contributed by atoms with Crippen LogP contribution in [0.25, 0.3) is 0 Å². The van der Waals surface area contributed by atoms with Gasteiger partial charge in [0, 0.05) is 10.6 Å². The first-order valence-electron chi connectivity index (χ1n) is 5.34. The molecule has 0 fully saturated rings. The van der Waals surface area contributed by atoms with Gasteiger partial charge in [-0.25, -0.2) is 4.79 Å². The molecule has 6 heteroatoms. The minimum Gasteiger partial charge on any atom is -0.468 e. The van der Waals surface area contributed by atoms with Crippen molar-refractivity contribution < 1.29 is 19.1 Å². The van der Waals surface area contributed by atoms with Gasteiger partial charge in [0.25, 0.3) is 0 Å². The van der Waals surface area contributed by atoms with E-state index in [9.17, 15) is 9.59 Å². The minimum absolute atomic E-state index is 0.132. The first-order chi connectivity index (χ1) is 8.58. The van der Waals surface area contributed by atoms with Crippen LogP contribution in [-0.2, 0) is 14.3 Å². The van der Waals surface area contributed by atoms with Crippen molar-refractivity contribution in [2.45, 2.75) is 11.8 Å². The SMILES string of the molecule is CCOC(=O)c1cc(N)ccc1SCC(=O)OC. The van der Waals surface area contributed by atoms with Crippen LogP contribution < -0.4 is 5.73 Å². The van der Waals surface area contributed by atoms with Crippen molar-refractivity contribution >= 4 is 29.4 Å². The van der Waals surface area contributed by atoms with Gasteiger partial charge in [0.05, 0.1) is 25.0 Å². The molecule has 0 saturated heterocycles. The van der Waals surface area contributed by atoms with Crippen LogP contribution in [0.5, 0.6) is 0 Å². The van der Waals surface area contributed by atoms with Gasteiger partial charge in [-0.05, 0) is 25.1 Å².